The molecule has 0 saturated carbocycles. The molecule has 5 nitrogen and oxygen atoms in total. The molecular weight excluding hydrogens is 352 g/mol. The van der Waals surface area contributed by atoms with Crippen molar-refractivity contribution in [2.75, 3.05) is 31.6 Å². The molecule has 2 aromatic carbocycles. The number of amides is 2. The molecule has 1 N–H and O–H groups in total. The van der Waals surface area contributed by atoms with Gasteiger partial charge in [0, 0.05) is 13.1 Å². The summed E-state index contributed by atoms with van der Waals surface area (Å²) in [7, 11) is 0. The SMILES string of the molecule is O=C(Cc1ccc2c(c1)CCCC2)Nc1ccccc1C(=O)N1CCOCC1. The highest BCUT2D eigenvalue weighted by molar-refractivity contribution is 6.04. The fourth-order valence-electron chi connectivity index (χ4n) is 3.99. The highest BCUT2D eigenvalue weighted by Gasteiger charge is 2.21. The maximum atomic E-state index is 12.8. The number of hydrogen-bond donors (Lipinski definition) is 1. The molecule has 2 aromatic rings. The Morgan fingerprint density at radius 2 is 1.71 bits per heavy atom. The number of anilines is 1. The molecule has 1 saturated heterocycles. The molecule has 4 rings (SSSR count). The lowest BCUT2D eigenvalue weighted by Gasteiger charge is -2.27. The molecule has 146 valence electrons. The van der Waals surface area contributed by atoms with Crippen molar-refractivity contribution in [1.29, 1.82) is 0 Å². The Kier molecular flexibility index (Phi) is 5.72. The zero-order valence-electron chi connectivity index (χ0n) is 16.1. The van der Waals surface area contributed by atoms with Crippen molar-refractivity contribution in [3.63, 3.8) is 0 Å². The van der Waals surface area contributed by atoms with Crippen molar-refractivity contribution < 1.29 is 14.3 Å². The predicted molar refractivity (Wildman–Crippen MR) is 109 cm³/mol. The number of fused-ring (bicyclic) bond motifs is 1. The lowest BCUT2D eigenvalue weighted by atomic mass is 9.90. The van der Waals surface area contributed by atoms with Crippen LogP contribution in [0.4, 0.5) is 5.69 Å². The zero-order valence-corrected chi connectivity index (χ0v) is 16.1. The second-order valence-corrected chi connectivity index (χ2v) is 7.49. The first kappa shape index (κ1) is 18.7. The number of nitrogens with zero attached hydrogens (tertiary/aromatic N) is 1. The number of hydrogen-bond acceptors (Lipinski definition) is 3. The minimum atomic E-state index is -0.0991. The molecule has 0 aromatic heterocycles. The summed E-state index contributed by atoms with van der Waals surface area (Å²) in [6.07, 6.45) is 5.02. The Bertz CT molecular complexity index is 872. The van der Waals surface area contributed by atoms with Gasteiger partial charge in [0.15, 0.2) is 0 Å². The van der Waals surface area contributed by atoms with Crippen LogP contribution in [0.3, 0.4) is 0 Å². The molecule has 0 radical (unpaired) electrons. The Labute approximate surface area is 165 Å². The molecule has 28 heavy (non-hydrogen) atoms. The minimum absolute atomic E-state index is 0.0621. The number of carbonyl (C=O) groups excluding carboxylic acids is 2. The van der Waals surface area contributed by atoms with E-state index in [4.69, 9.17) is 4.74 Å². The van der Waals surface area contributed by atoms with E-state index in [0.717, 1.165) is 18.4 Å². The van der Waals surface area contributed by atoms with Crippen molar-refractivity contribution >= 4 is 17.5 Å². The molecule has 1 fully saturated rings. The van der Waals surface area contributed by atoms with Gasteiger partial charge in [-0.05, 0) is 54.5 Å². The highest BCUT2D eigenvalue weighted by Crippen LogP contribution is 2.23. The van der Waals surface area contributed by atoms with Crippen molar-refractivity contribution in [3.8, 4) is 0 Å². The van der Waals surface area contributed by atoms with Crippen molar-refractivity contribution in [1.82, 2.24) is 4.90 Å². The maximum absolute atomic E-state index is 12.8. The van der Waals surface area contributed by atoms with Crippen molar-refractivity contribution in [3.05, 3.63) is 64.7 Å². The maximum Gasteiger partial charge on any atom is 0.256 e. The van der Waals surface area contributed by atoms with Crippen LogP contribution in [0.2, 0.25) is 0 Å². The Hall–Kier alpha value is -2.66. The summed E-state index contributed by atoms with van der Waals surface area (Å²) in [6, 6.07) is 13.6. The van der Waals surface area contributed by atoms with E-state index in [1.54, 1.807) is 17.0 Å². The van der Waals surface area contributed by atoms with E-state index in [-0.39, 0.29) is 11.8 Å². The first-order valence-corrected chi connectivity index (χ1v) is 10.1. The van der Waals surface area contributed by atoms with E-state index in [0.29, 0.717) is 44.0 Å². The van der Waals surface area contributed by atoms with Crippen LogP contribution in [-0.2, 0) is 28.8 Å². The van der Waals surface area contributed by atoms with Crippen LogP contribution >= 0.6 is 0 Å². The summed E-state index contributed by atoms with van der Waals surface area (Å²) in [5.74, 6) is -0.161. The summed E-state index contributed by atoms with van der Waals surface area (Å²) < 4.78 is 5.32. The molecule has 5 heteroatoms. The lowest BCUT2D eigenvalue weighted by Crippen LogP contribution is -2.41. The van der Waals surface area contributed by atoms with Crippen LogP contribution in [0, 0.1) is 0 Å². The Morgan fingerprint density at radius 1 is 0.964 bits per heavy atom. The fraction of sp³-hybridized carbons (Fsp3) is 0.391. The lowest BCUT2D eigenvalue weighted by molar-refractivity contribution is -0.115. The van der Waals surface area contributed by atoms with E-state index >= 15 is 0 Å². The number of carbonyl (C=O) groups is 2. The highest BCUT2D eigenvalue weighted by atomic mass is 16.5. The minimum Gasteiger partial charge on any atom is -0.378 e. The van der Waals surface area contributed by atoms with E-state index in [1.807, 2.05) is 12.1 Å². The molecule has 1 aliphatic heterocycles. The number of aryl methyl sites for hydroxylation is 2. The number of morpholine rings is 1. The number of ether oxygens (including phenoxy) is 1. The van der Waals surface area contributed by atoms with Gasteiger partial charge in [0.05, 0.1) is 30.9 Å². The normalized spacial score (nSPS) is 16.4. The van der Waals surface area contributed by atoms with Crippen LogP contribution in [-0.4, -0.2) is 43.0 Å². The van der Waals surface area contributed by atoms with Crippen LogP contribution in [0.25, 0.3) is 0 Å². The molecule has 2 amide bonds. The van der Waals surface area contributed by atoms with Gasteiger partial charge in [-0.1, -0.05) is 30.3 Å². The largest absolute Gasteiger partial charge is 0.378 e. The molecule has 0 unspecified atom stereocenters. The van der Waals surface area contributed by atoms with Gasteiger partial charge in [-0.3, -0.25) is 9.59 Å². The van der Waals surface area contributed by atoms with Gasteiger partial charge >= 0.3 is 0 Å². The van der Waals surface area contributed by atoms with Crippen molar-refractivity contribution in [2.24, 2.45) is 0 Å². The van der Waals surface area contributed by atoms with Gasteiger partial charge < -0.3 is 15.0 Å². The third-order valence-electron chi connectivity index (χ3n) is 5.51. The smallest absolute Gasteiger partial charge is 0.256 e. The molecule has 0 atom stereocenters. The average Bonchev–Trinajstić information content (AvgIpc) is 2.74. The predicted octanol–water partition coefficient (Wildman–Crippen LogP) is 3.22. The Balaban J connectivity index is 1.45. The zero-order chi connectivity index (χ0) is 19.3. The molecule has 0 bridgehead atoms. The first-order chi connectivity index (χ1) is 13.7. The van der Waals surface area contributed by atoms with Gasteiger partial charge in [0.1, 0.15) is 0 Å². The summed E-state index contributed by atoms with van der Waals surface area (Å²) in [5, 5.41) is 2.94. The topological polar surface area (TPSA) is 58.6 Å². The molecular formula is C23H26N2O3. The summed E-state index contributed by atoms with van der Waals surface area (Å²) in [4.78, 5) is 27.3. The van der Waals surface area contributed by atoms with E-state index in [9.17, 15) is 9.59 Å². The average molecular weight is 378 g/mol. The molecule has 1 heterocycles. The van der Waals surface area contributed by atoms with Gasteiger partial charge in [0.25, 0.3) is 5.91 Å². The number of para-hydroxylation sites is 1. The van der Waals surface area contributed by atoms with Crippen LogP contribution < -0.4 is 5.32 Å². The molecule has 2 aliphatic rings. The molecule has 0 spiro atoms. The first-order valence-electron chi connectivity index (χ1n) is 10.1. The third kappa shape index (κ3) is 4.25. The van der Waals surface area contributed by atoms with Crippen LogP contribution in [0.15, 0.2) is 42.5 Å². The second-order valence-electron chi connectivity index (χ2n) is 7.49. The van der Waals surface area contributed by atoms with Gasteiger partial charge in [0.2, 0.25) is 5.91 Å². The van der Waals surface area contributed by atoms with E-state index in [2.05, 4.69) is 23.5 Å². The van der Waals surface area contributed by atoms with Crippen LogP contribution in [0.1, 0.15) is 39.9 Å². The van der Waals surface area contributed by atoms with E-state index < -0.39 is 0 Å². The monoisotopic (exact) mass is 378 g/mol. The Morgan fingerprint density at radius 3 is 2.54 bits per heavy atom. The van der Waals surface area contributed by atoms with Gasteiger partial charge in [-0.2, -0.15) is 0 Å². The van der Waals surface area contributed by atoms with Gasteiger partial charge in [-0.25, -0.2) is 0 Å². The third-order valence-corrected chi connectivity index (χ3v) is 5.51. The van der Waals surface area contributed by atoms with Crippen molar-refractivity contribution in [2.45, 2.75) is 32.1 Å². The standard InChI is InChI=1S/C23H26N2O3/c26-22(16-17-9-10-18-5-1-2-6-19(18)15-17)24-21-8-4-3-7-20(21)23(27)25-11-13-28-14-12-25/h3-4,7-10,15H,1-2,5-6,11-14,16H2,(H,24,26). The fourth-order valence-corrected chi connectivity index (χ4v) is 3.99. The summed E-state index contributed by atoms with van der Waals surface area (Å²) in [5.41, 5.74) is 4.91. The summed E-state index contributed by atoms with van der Waals surface area (Å²) >= 11 is 0. The second kappa shape index (κ2) is 8.57. The number of nitrogens with one attached hydrogen (secondary N) is 1. The van der Waals surface area contributed by atoms with E-state index in [1.165, 1.54) is 24.0 Å². The number of benzene rings is 2. The van der Waals surface area contributed by atoms with Crippen LogP contribution in [0.5, 0.6) is 0 Å². The number of rotatable bonds is 4. The molecule has 1 aliphatic carbocycles. The summed E-state index contributed by atoms with van der Waals surface area (Å²) in [6.45, 7) is 2.27. The quantitative estimate of drug-likeness (QED) is 0.889. The van der Waals surface area contributed by atoms with Gasteiger partial charge in [-0.15, -0.1) is 0 Å².